The molecule has 0 fully saturated rings. The minimum absolute atomic E-state index is 0.0901. The van der Waals surface area contributed by atoms with Crippen LogP contribution in [0.4, 0.5) is 5.69 Å². The lowest BCUT2D eigenvalue weighted by molar-refractivity contribution is -0.139. The summed E-state index contributed by atoms with van der Waals surface area (Å²) in [5.74, 6) is -0.775. The van der Waals surface area contributed by atoms with Crippen LogP contribution in [0.25, 0.3) is 0 Å². The fourth-order valence-corrected chi connectivity index (χ4v) is 6.12. The van der Waals surface area contributed by atoms with Gasteiger partial charge >= 0.3 is 0 Å². The molecule has 3 aromatic carbocycles. The van der Waals surface area contributed by atoms with Crippen molar-refractivity contribution < 1.29 is 18.0 Å². The van der Waals surface area contributed by atoms with Gasteiger partial charge in [0.25, 0.3) is 10.0 Å². The first-order chi connectivity index (χ1) is 18.4. The molecule has 3 aromatic rings. The molecule has 1 N–H and O–H groups in total. The Morgan fingerprint density at radius 2 is 1.56 bits per heavy atom. The van der Waals surface area contributed by atoms with Crippen molar-refractivity contribution in [3.63, 3.8) is 0 Å². The molecule has 39 heavy (non-hydrogen) atoms. The third kappa shape index (κ3) is 7.92. The molecule has 3 rings (SSSR count). The van der Waals surface area contributed by atoms with Gasteiger partial charge in [-0.1, -0.05) is 58.7 Å². The zero-order chi connectivity index (χ0) is 28.7. The fraction of sp³-hybridized carbons (Fsp3) is 0.333. The molecule has 0 saturated heterocycles. The van der Waals surface area contributed by atoms with Crippen LogP contribution in [0.3, 0.4) is 0 Å². The largest absolute Gasteiger partial charge is 0.354 e. The number of aryl methyl sites for hydroxylation is 3. The number of rotatable bonds is 11. The topological polar surface area (TPSA) is 86.8 Å². The number of nitrogens with zero attached hydrogens (tertiary/aromatic N) is 2. The Labute approximate surface area is 240 Å². The predicted molar refractivity (Wildman–Crippen MR) is 159 cm³/mol. The number of sulfonamides is 1. The maximum Gasteiger partial charge on any atom is 0.264 e. The first kappa shape index (κ1) is 30.4. The average Bonchev–Trinajstić information content (AvgIpc) is 2.88. The van der Waals surface area contributed by atoms with E-state index in [1.54, 1.807) is 43.3 Å². The van der Waals surface area contributed by atoms with Crippen LogP contribution < -0.4 is 9.62 Å². The van der Waals surface area contributed by atoms with Gasteiger partial charge in [-0.3, -0.25) is 13.9 Å². The highest BCUT2D eigenvalue weighted by Gasteiger charge is 2.32. The minimum atomic E-state index is -4.09. The van der Waals surface area contributed by atoms with E-state index in [1.807, 2.05) is 58.0 Å². The Morgan fingerprint density at radius 1 is 0.923 bits per heavy atom. The van der Waals surface area contributed by atoms with E-state index in [0.29, 0.717) is 12.2 Å². The molecule has 0 heterocycles. The molecule has 0 aromatic heterocycles. The Balaban J connectivity index is 2.05. The van der Waals surface area contributed by atoms with Gasteiger partial charge in [0.05, 0.1) is 10.6 Å². The van der Waals surface area contributed by atoms with Crippen molar-refractivity contribution in [1.29, 1.82) is 0 Å². The van der Waals surface area contributed by atoms with Crippen molar-refractivity contribution in [1.82, 2.24) is 10.2 Å². The van der Waals surface area contributed by atoms with Crippen molar-refractivity contribution in [3.8, 4) is 0 Å². The normalized spacial score (nSPS) is 12.1. The third-order valence-corrected chi connectivity index (χ3v) is 8.62. The molecule has 0 aliphatic heterocycles. The number of carbonyl (C=O) groups excluding carboxylic acids is 2. The van der Waals surface area contributed by atoms with Crippen LogP contribution >= 0.6 is 15.9 Å². The van der Waals surface area contributed by atoms with Crippen LogP contribution in [0.15, 0.2) is 76.1 Å². The summed E-state index contributed by atoms with van der Waals surface area (Å²) in [6.45, 7) is 9.43. The van der Waals surface area contributed by atoms with Crippen LogP contribution in [0.2, 0.25) is 0 Å². The maximum atomic E-state index is 14.0. The molecule has 2 amide bonds. The highest BCUT2D eigenvalue weighted by molar-refractivity contribution is 9.10. The number of amides is 2. The first-order valence-corrected chi connectivity index (χ1v) is 15.1. The molecule has 208 valence electrons. The maximum absolute atomic E-state index is 14.0. The van der Waals surface area contributed by atoms with Crippen LogP contribution in [0, 0.1) is 20.8 Å². The van der Waals surface area contributed by atoms with Crippen LogP contribution in [0.1, 0.15) is 42.5 Å². The van der Waals surface area contributed by atoms with Gasteiger partial charge in [0.2, 0.25) is 11.8 Å². The number of nitrogens with one attached hydrogen (secondary N) is 1. The monoisotopic (exact) mass is 613 g/mol. The lowest BCUT2D eigenvalue weighted by Crippen LogP contribution is -2.51. The lowest BCUT2D eigenvalue weighted by Gasteiger charge is -2.32. The summed E-state index contributed by atoms with van der Waals surface area (Å²) in [5, 5.41) is 2.85. The van der Waals surface area contributed by atoms with E-state index < -0.39 is 28.5 Å². The highest BCUT2D eigenvalue weighted by atomic mass is 79.9. The first-order valence-electron chi connectivity index (χ1n) is 12.9. The number of benzene rings is 3. The summed E-state index contributed by atoms with van der Waals surface area (Å²) in [4.78, 5) is 28.4. The predicted octanol–water partition coefficient (Wildman–Crippen LogP) is 5.51. The Hall–Kier alpha value is -3.17. The van der Waals surface area contributed by atoms with Crippen molar-refractivity contribution in [2.75, 3.05) is 17.4 Å². The number of hydrogen-bond acceptors (Lipinski definition) is 4. The lowest BCUT2D eigenvalue weighted by atomic mass is 10.1. The zero-order valence-electron chi connectivity index (χ0n) is 23.1. The summed E-state index contributed by atoms with van der Waals surface area (Å²) < 4.78 is 29.9. The number of anilines is 1. The van der Waals surface area contributed by atoms with Gasteiger partial charge in [-0.05, 0) is 87.2 Å². The van der Waals surface area contributed by atoms with Gasteiger partial charge in [-0.25, -0.2) is 8.42 Å². The van der Waals surface area contributed by atoms with Gasteiger partial charge in [0.15, 0.2) is 0 Å². The Bertz CT molecular complexity index is 1400. The third-order valence-electron chi connectivity index (χ3n) is 6.34. The summed E-state index contributed by atoms with van der Waals surface area (Å²) >= 11 is 3.46. The molecule has 0 aliphatic rings. The van der Waals surface area contributed by atoms with Gasteiger partial charge < -0.3 is 10.2 Å². The van der Waals surface area contributed by atoms with E-state index in [2.05, 4.69) is 21.2 Å². The molecular weight excluding hydrogens is 578 g/mol. The summed E-state index contributed by atoms with van der Waals surface area (Å²) in [6.07, 6.45) is 0.757. The Kier molecular flexibility index (Phi) is 10.3. The molecular formula is C30H36BrN3O4S. The van der Waals surface area contributed by atoms with Crippen LogP contribution in [0.5, 0.6) is 0 Å². The van der Waals surface area contributed by atoms with Gasteiger partial charge in [0, 0.05) is 17.6 Å². The number of halogens is 1. The summed E-state index contributed by atoms with van der Waals surface area (Å²) in [6, 6.07) is 18.7. The molecule has 0 bridgehead atoms. The average molecular weight is 615 g/mol. The smallest absolute Gasteiger partial charge is 0.264 e. The van der Waals surface area contributed by atoms with E-state index in [-0.39, 0.29) is 17.3 Å². The van der Waals surface area contributed by atoms with E-state index in [4.69, 9.17) is 0 Å². The quantitative estimate of drug-likeness (QED) is 0.309. The SMILES string of the molecule is CCCNC(=O)[C@@H](C)N(Cc1cccc(Br)c1)C(=O)CN(c1cc(C)cc(C)c1)S(=O)(=O)c1ccc(C)cc1. The zero-order valence-corrected chi connectivity index (χ0v) is 25.5. The number of carbonyl (C=O) groups is 2. The molecule has 0 aliphatic carbocycles. The molecule has 0 radical (unpaired) electrons. The van der Waals surface area contributed by atoms with E-state index in [0.717, 1.165) is 37.5 Å². The van der Waals surface area contributed by atoms with Crippen molar-refractivity contribution in [2.24, 2.45) is 0 Å². The van der Waals surface area contributed by atoms with Crippen molar-refractivity contribution in [2.45, 2.75) is 58.5 Å². The standard InChI is InChI=1S/C30H36BrN3O4S/c1-6-14-32-30(36)24(5)33(19-25-8-7-9-26(31)18-25)29(35)20-34(27-16-22(3)15-23(4)17-27)39(37,38)28-12-10-21(2)11-13-28/h7-13,15-18,24H,6,14,19-20H2,1-5H3,(H,32,36)/t24-/m1/s1. The van der Waals surface area contributed by atoms with Crippen molar-refractivity contribution >= 4 is 43.5 Å². The molecule has 0 spiro atoms. The van der Waals surface area contributed by atoms with Gasteiger partial charge in [-0.15, -0.1) is 0 Å². The summed E-state index contributed by atoms with van der Waals surface area (Å²) in [5.41, 5.74) is 3.88. The van der Waals surface area contributed by atoms with Gasteiger partial charge in [-0.2, -0.15) is 0 Å². The van der Waals surface area contributed by atoms with Crippen molar-refractivity contribution in [3.05, 3.63) is 93.5 Å². The summed E-state index contributed by atoms with van der Waals surface area (Å²) in [7, 11) is -4.09. The molecule has 0 unspecified atom stereocenters. The molecule has 7 nitrogen and oxygen atoms in total. The second kappa shape index (κ2) is 13.3. The Morgan fingerprint density at radius 3 is 2.15 bits per heavy atom. The van der Waals surface area contributed by atoms with Gasteiger partial charge in [0.1, 0.15) is 12.6 Å². The number of hydrogen-bond donors (Lipinski definition) is 1. The van der Waals surface area contributed by atoms with E-state index in [9.17, 15) is 18.0 Å². The minimum Gasteiger partial charge on any atom is -0.354 e. The molecule has 0 saturated carbocycles. The fourth-order valence-electron chi connectivity index (χ4n) is 4.27. The molecule has 9 heteroatoms. The molecule has 1 atom stereocenters. The van der Waals surface area contributed by atoms with Crippen LogP contribution in [-0.2, 0) is 26.2 Å². The van der Waals surface area contributed by atoms with E-state index >= 15 is 0 Å². The highest BCUT2D eigenvalue weighted by Crippen LogP contribution is 2.27. The second-order valence-corrected chi connectivity index (χ2v) is 12.6. The van der Waals surface area contributed by atoms with E-state index in [1.165, 1.54) is 4.90 Å². The van der Waals surface area contributed by atoms with Crippen LogP contribution in [-0.4, -0.2) is 44.3 Å². The second-order valence-electron chi connectivity index (χ2n) is 9.79.